The van der Waals surface area contributed by atoms with Crippen LogP contribution in [0.3, 0.4) is 0 Å². The highest BCUT2D eigenvalue weighted by Crippen LogP contribution is 2.22. The minimum absolute atomic E-state index is 0.217. The summed E-state index contributed by atoms with van der Waals surface area (Å²) in [5.74, 6) is 0.488. The Morgan fingerprint density at radius 3 is 2.50 bits per heavy atom. The van der Waals surface area contributed by atoms with Crippen LogP contribution >= 0.6 is 15.9 Å². The number of amides is 1. The second kappa shape index (κ2) is 7.36. The van der Waals surface area contributed by atoms with Gasteiger partial charge in [0.2, 0.25) is 0 Å². The molecule has 0 unspecified atom stereocenters. The van der Waals surface area contributed by atoms with Crippen molar-refractivity contribution in [3.05, 3.63) is 87.9 Å². The van der Waals surface area contributed by atoms with E-state index in [-0.39, 0.29) is 5.91 Å². The lowest BCUT2D eigenvalue weighted by Gasteiger charge is -2.09. The quantitative estimate of drug-likeness (QED) is 0.728. The van der Waals surface area contributed by atoms with E-state index in [1.165, 1.54) is 0 Å². The van der Waals surface area contributed by atoms with Crippen LogP contribution in [-0.4, -0.2) is 15.9 Å². The minimum Gasteiger partial charge on any atom is -0.321 e. The number of aryl methyl sites for hydroxylation is 1. The van der Waals surface area contributed by atoms with Crippen molar-refractivity contribution in [2.24, 2.45) is 0 Å². The van der Waals surface area contributed by atoms with Gasteiger partial charge in [-0.2, -0.15) is 0 Å². The number of aromatic nitrogens is 2. The number of hydrogen-bond donors (Lipinski definition) is 1. The van der Waals surface area contributed by atoms with Crippen LogP contribution in [0.5, 0.6) is 0 Å². The van der Waals surface area contributed by atoms with E-state index in [0.29, 0.717) is 23.5 Å². The smallest absolute Gasteiger partial charge is 0.259 e. The average Bonchev–Trinajstić information content (AvgIpc) is 2.58. The lowest BCUT2D eigenvalue weighted by Crippen LogP contribution is -2.16. The highest BCUT2D eigenvalue weighted by atomic mass is 79.9. The van der Waals surface area contributed by atoms with E-state index in [1.807, 2.05) is 61.5 Å². The van der Waals surface area contributed by atoms with Crippen LogP contribution in [0.4, 0.5) is 5.69 Å². The van der Waals surface area contributed by atoms with Gasteiger partial charge in [-0.1, -0.05) is 42.5 Å². The van der Waals surface area contributed by atoms with Crippen molar-refractivity contribution in [2.45, 2.75) is 13.3 Å². The molecule has 0 aliphatic carbocycles. The molecule has 0 aliphatic heterocycles. The summed E-state index contributed by atoms with van der Waals surface area (Å²) in [6, 6.07) is 17.5. The molecule has 0 bridgehead atoms. The summed E-state index contributed by atoms with van der Waals surface area (Å²) in [7, 11) is 0. The van der Waals surface area contributed by atoms with E-state index in [4.69, 9.17) is 0 Å². The largest absolute Gasteiger partial charge is 0.321 e. The average molecular weight is 382 g/mol. The lowest BCUT2D eigenvalue weighted by molar-refractivity contribution is 0.102. The molecule has 3 aromatic rings. The Kier molecular flexibility index (Phi) is 5.01. The molecule has 0 fully saturated rings. The molecule has 3 rings (SSSR count). The molecular weight excluding hydrogens is 366 g/mol. The molecule has 1 amide bonds. The molecule has 0 saturated heterocycles. The van der Waals surface area contributed by atoms with Crippen molar-refractivity contribution in [1.82, 2.24) is 9.97 Å². The van der Waals surface area contributed by atoms with E-state index in [0.717, 1.165) is 15.7 Å². The molecule has 1 N–H and O–H groups in total. The molecule has 24 heavy (non-hydrogen) atoms. The maximum absolute atomic E-state index is 12.4. The first-order valence-electron chi connectivity index (χ1n) is 7.56. The predicted molar refractivity (Wildman–Crippen MR) is 98.1 cm³/mol. The minimum atomic E-state index is -0.217. The third kappa shape index (κ3) is 3.86. The number of carbonyl (C=O) groups is 1. The zero-order valence-electron chi connectivity index (χ0n) is 13.2. The summed E-state index contributed by atoms with van der Waals surface area (Å²) in [5, 5.41) is 2.87. The van der Waals surface area contributed by atoms with Gasteiger partial charge in [-0.25, -0.2) is 9.97 Å². The molecule has 0 radical (unpaired) electrons. The number of para-hydroxylation sites is 1. The van der Waals surface area contributed by atoms with Crippen LogP contribution in [-0.2, 0) is 6.42 Å². The highest BCUT2D eigenvalue weighted by Gasteiger charge is 2.13. The number of rotatable bonds is 4. The Morgan fingerprint density at radius 1 is 1.08 bits per heavy atom. The number of anilines is 1. The molecule has 4 nitrogen and oxygen atoms in total. The molecule has 5 heteroatoms. The van der Waals surface area contributed by atoms with Crippen molar-refractivity contribution in [1.29, 1.82) is 0 Å². The topological polar surface area (TPSA) is 54.9 Å². The summed E-state index contributed by atoms with van der Waals surface area (Å²) in [6.07, 6.45) is 2.24. The van der Waals surface area contributed by atoms with Crippen molar-refractivity contribution < 1.29 is 4.79 Å². The van der Waals surface area contributed by atoms with Crippen LogP contribution < -0.4 is 5.32 Å². The number of nitrogens with one attached hydrogen (secondary N) is 1. The van der Waals surface area contributed by atoms with Crippen LogP contribution in [0.1, 0.15) is 27.4 Å². The molecular formula is C19H16BrN3O. The third-order valence-electron chi connectivity index (χ3n) is 3.60. The summed E-state index contributed by atoms with van der Waals surface area (Å²) < 4.78 is 0.831. The van der Waals surface area contributed by atoms with E-state index >= 15 is 0 Å². The molecule has 120 valence electrons. The third-order valence-corrected chi connectivity index (χ3v) is 4.29. The normalized spacial score (nSPS) is 10.4. The van der Waals surface area contributed by atoms with Gasteiger partial charge in [-0.15, -0.1) is 0 Å². The standard InChI is InChI=1S/C19H16BrN3O/c1-13-15(19(24)23-17-10-6-5-9-16(17)20)12-21-18(22-13)11-14-7-3-2-4-8-14/h2-10,12H,11H2,1H3,(H,23,24). The van der Waals surface area contributed by atoms with Gasteiger partial charge in [-0.05, 0) is 40.5 Å². The summed E-state index contributed by atoms with van der Waals surface area (Å²) >= 11 is 3.42. The molecule has 1 aromatic heterocycles. The van der Waals surface area contributed by atoms with Gasteiger partial charge in [0.1, 0.15) is 5.82 Å². The summed E-state index contributed by atoms with van der Waals surface area (Å²) in [5.41, 5.74) is 3.00. The fourth-order valence-electron chi connectivity index (χ4n) is 2.35. The number of hydrogen-bond acceptors (Lipinski definition) is 3. The maximum Gasteiger partial charge on any atom is 0.259 e. The Morgan fingerprint density at radius 2 is 1.79 bits per heavy atom. The van der Waals surface area contributed by atoms with Crippen molar-refractivity contribution in [3.8, 4) is 0 Å². The van der Waals surface area contributed by atoms with E-state index in [2.05, 4.69) is 31.2 Å². The molecule has 0 saturated carbocycles. The number of nitrogens with zero attached hydrogens (tertiary/aromatic N) is 2. The molecule has 1 heterocycles. The van der Waals surface area contributed by atoms with Crippen LogP contribution in [0, 0.1) is 6.92 Å². The van der Waals surface area contributed by atoms with Gasteiger partial charge in [0.05, 0.1) is 16.9 Å². The maximum atomic E-state index is 12.4. The van der Waals surface area contributed by atoms with E-state index in [9.17, 15) is 4.79 Å². The van der Waals surface area contributed by atoms with Gasteiger partial charge >= 0.3 is 0 Å². The van der Waals surface area contributed by atoms with Gasteiger partial charge in [0.25, 0.3) is 5.91 Å². The second-order valence-electron chi connectivity index (χ2n) is 5.38. The SMILES string of the molecule is Cc1nc(Cc2ccccc2)ncc1C(=O)Nc1ccccc1Br. The van der Waals surface area contributed by atoms with Gasteiger partial charge in [-0.3, -0.25) is 4.79 Å². The van der Waals surface area contributed by atoms with Crippen LogP contribution in [0.2, 0.25) is 0 Å². The number of carbonyl (C=O) groups excluding carboxylic acids is 1. The van der Waals surface area contributed by atoms with Crippen LogP contribution in [0.15, 0.2) is 65.3 Å². The highest BCUT2D eigenvalue weighted by molar-refractivity contribution is 9.10. The van der Waals surface area contributed by atoms with Gasteiger partial charge in [0.15, 0.2) is 0 Å². The molecule has 0 aliphatic rings. The summed E-state index contributed by atoms with van der Waals surface area (Å²) in [6.45, 7) is 1.82. The molecule has 0 spiro atoms. The fraction of sp³-hybridized carbons (Fsp3) is 0.105. The zero-order chi connectivity index (χ0) is 16.9. The first kappa shape index (κ1) is 16.3. The van der Waals surface area contributed by atoms with E-state index in [1.54, 1.807) is 6.20 Å². The van der Waals surface area contributed by atoms with Crippen molar-refractivity contribution in [3.63, 3.8) is 0 Å². The zero-order valence-corrected chi connectivity index (χ0v) is 14.7. The Bertz CT molecular complexity index is 865. The number of benzene rings is 2. The van der Waals surface area contributed by atoms with Crippen LogP contribution in [0.25, 0.3) is 0 Å². The lowest BCUT2D eigenvalue weighted by atomic mass is 10.1. The van der Waals surface area contributed by atoms with Crippen molar-refractivity contribution in [2.75, 3.05) is 5.32 Å². The predicted octanol–water partition coefficient (Wildman–Crippen LogP) is 4.39. The Balaban J connectivity index is 1.77. The first-order valence-corrected chi connectivity index (χ1v) is 8.35. The van der Waals surface area contributed by atoms with Gasteiger partial charge < -0.3 is 5.32 Å². The van der Waals surface area contributed by atoms with E-state index < -0.39 is 0 Å². The number of halogens is 1. The Hall–Kier alpha value is -2.53. The monoisotopic (exact) mass is 381 g/mol. The summed E-state index contributed by atoms with van der Waals surface area (Å²) in [4.78, 5) is 21.3. The molecule has 0 atom stereocenters. The molecule has 2 aromatic carbocycles. The fourth-order valence-corrected chi connectivity index (χ4v) is 2.74. The van der Waals surface area contributed by atoms with Crippen molar-refractivity contribution >= 4 is 27.5 Å². The second-order valence-corrected chi connectivity index (χ2v) is 6.24. The first-order chi connectivity index (χ1) is 11.6. The van der Waals surface area contributed by atoms with Gasteiger partial charge in [0, 0.05) is 17.1 Å². The Labute approximate surface area is 149 Å².